The highest BCUT2D eigenvalue weighted by molar-refractivity contribution is 6.02. The van der Waals surface area contributed by atoms with E-state index in [1.54, 1.807) is 42.5 Å². The summed E-state index contributed by atoms with van der Waals surface area (Å²) in [6, 6.07) is 11.4. The van der Waals surface area contributed by atoms with Crippen molar-refractivity contribution in [1.82, 2.24) is 14.3 Å². The summed E-state index contributed by atoms with van der Waals surface area (Å²) in [7, 11) is 2.80. The molecule has 10 nitrogen and oxygen atoms in total. The van der Waals surface area contributed by atoms with Gasteiger partial charge in [0.1, 0.15) is 19.0 Å². The summed E-state index contributed by atoms with van der Waals surface area (Å²) in [6.07, 6.45) is 0. The van der Waals surface area contributed by atoms with Crippen LogP contribution in [-0.2, 0) is 7.05 Å². The average molecular weight is 410 g/mol. The normalized spacial score (nSPS) is 12.3. The number of aromatic nitrogens is 3. The van der Waals surface area contributed by atoms with E-state index < -0.39 is 22.9 Å². The zero-order valence-corrected chi connectivity index (χ0v) is 16.2. The number of hydrogen-bond donors (Lipinski definition) is 1. The van der Waals surface area contributed by atoms with Crippen molar-refractivity contribution < 1.29 is 19.0 Å². The van der Waals surface area contributed by atoms with Crippen LogP contribution in [-0.4, -0.2) is 40.6 Å². The van der Waals surface area contributed by atoms with E-state index in [4.69, 9.17) is 14.2 Å². The Labute approximate surface area is 170 Å². The van der Waals surface area contributed by atoms with Crippen molar-refractivity contribution in [1.29, 1.82) is 0 Å². The number of rotatable bonds is 4. The lowest BCUT2D eigenvalue weighted by Gasteiger charge is -2.19. The van der Waals surface area contributed by atoms with Crippen LogP contribution in [0.2, 0.25) is 0 Å². The van der Waals surface area contributed by atoms with E-state index in [1.807, 2.05) is 0 Å². The molecule has 0 radical (unpaired) electrons. The predicted octanol–water partition coefficient (Wildman–Crippen LogP) is 0.963. The van der Waals surface area contributed by atoms with Crippen LogP contribution >= 0.6 is 0 Å². The molecular weight excluding hydrogens is 392 g/mol. The van der Waals surface area contributed by atoms with E-state index in [0.717, 1.165) is 9.25 Å². The maximum atomic E-state index is 12.8. The van der Waals surface area contributed by atoms with Crippen LogP contribution in [0.1, 0.15) is 10.5 Å². The molecule has 1 aliphatic heterocycles. The molecule has 0 spiro atoms. The van der Waals surface area contributed by atoms with Gasteiger partial charge in [-0.05, 0) is 36.4 Å². The second-order valence-electron chi connectivity index (χ2n) is 6.42. The highest BCUT2D eigenvalue weighted by Gasteiger charge is 2.20. The number of methoxy groups -OCH3 is 1. The smallest absolute Gasteiger partial charge is 0.351 e. The highest BCUT2D eigenvalue weighted by Crippen LogP contribution is 2.32. The number of nitrogens with zero attached hydrogens (tertiary/aromatic N) is 3. The molecule has 3 aromatic rings. The molecule has 154 valence electrons. The second kappa shape index (κ2) is 7.74. The van der Waals surface area contributed by atoms with Gasteiger partial charge in [-0.1, -0.05) is 0 Å². The van der Waals surface area contributed by atoms with Crippen molar-refractivity contribution in [3.63, 3.8) is 0 Å². The zero-order valence-electron chi connectivity index (χ0n) is 16.2. The molecule has 2 heterocycles. The largest absolute Gasteiger partial charge is 0.497 e. The van der Waals surface area contributed by atoms with E-state index in [0.29, 0.717) is 41.8 Å². The van der Waals surface area contributed by atoms with Crippen LogP contribution in [0.4, 0.5) is 5.69 Å². The summed E-state index contributed by atoms with van der Waals surface area (Å²) >= 11 is 0. The number of carbonyl (C=O) groups is 1. The Kier molecular flexibility index (Phi) is 4.97. The van der Waals surface area contributed by atoms with Crippen molar-refractivity contribution in [3.05, 3.63) is 69.0 Å². The van der Waals surface area contributed by atoms with Crippen molar-refractivity contribution in [2.75, 3.05) is 25.6 Å². The summed E-state index contributed by atoms with van der Waals surface area (Å²) in [5.41, 5.74) is -1.14. The molecule has 1 aromatic heterocycles. The molecule has 0 aliphatic carbocycles. The van der Waals surface area contributed by atoms with Gasteiger partial charge in [-0.3, -0.25) is 14.2 Å². The lowest BCUT2D eigenvalue weighted by atomic mass is 10.2. The fourth-order valence-corrected chi connectivity index (χ4v) is 2.92. The first-order valence-electron chi connectivity index (χ1n) is 9.03. The lowest BCUT2D eigenvalue weighted by Crippen LogP contribution is -2.43. The maximum absolute atomic E-state index is 12.8. The average Bonchev–Trinajstić information content (AvgIpc) is 2.77. The van der Waals surface area contributed by atoms with E-state index in [9.17, 15) is 14.4 Å². The van der Waals surface area contributed by atoms with Crippen LogP contribution in [0.5, 0.6) is 17.2 Å². The first-order chi connectivity index (χ1) is 14.5. The molecule has 0 atom stereocenters. The quantitative estimate of drug-likeness (QED) is 0.682. The van der Waals surface area contributed by atoms with Crippen molar-refractivity contribution in [2.45, 2.75) is 0 Å². The molecule has 0 saturated carbocycles. The lowest BCUT2D eigenvalue weighted by molar-refractivity contribution is 0.101. The van der Waals surface area contributed by atoms with E-state index in [2.05, 4.69) is 10.4 Å². The molecular formula is C20H18N4O6. The van der Waals surface area contributed by atoms with Gasteiger partial charge in [-0.25, -0.2) is 4.79 Å². The molecule has 0 fully saturated rings. The number of benzene rings is 2. The summed E-state index contributed by atoms with van der Waals surface area (Å²) in [5.74, 6) is 0.896. The van der Waals surface area contributed by atoms with E-state index >= 15 is 0 Å². The van der Waals surface area contributed by atoms with E-state index in [1.165, 1.54) is 14.2 Å². The van der Waals surface area contributed by atoms with Crippen LogP contribution in [0.3, 0.4) is 0 Å². The van der Waals surface area contributed by atoms with Crippen molar-refractivity contribution >= 4 is 11.6 Å². The Bertz CT molecular complexity index is 1230. The SMILES string of the molecule is COc1ccc(-n2nc(C(=O)Nc3ccc4c(c3)OCCO4)c(=O)n(C)c2=O)cc1. The molecule has 2 aromatic carbocycles. The van der Waals surface area contributed by atoms with Crippen molar-refractivity contribution in [2.24, 2.45) is 7.05 Å². The fourth-order valence-electron chi connectivity index (χ4n) is 2.92. The number of amides is 1. The number of nitrogens with one attached hydrogen (secondary N) is 1. The number of fused-ring (bicyclic) bond motifs is 1. The van der Waals surface area contributed by atoms with Gasteiger partial charge < -0.3 is 19.5 Å². The molecule has 1 aliphatic rings. The van der Waals surface area contributed by atoms with Gasteiger partial charge in [0.2, 0.25) is 5.69 Å². The van der Waals surface area contributed by atoms with Gasteiger partial charge in [-0.2, -0.15) is 9.78 Å². The molecule has 0 bridgehead atoms. The molecule has 10 heteroatoms. The van der Waals surface area contributed by atoms with Gasteiger partial charge in [0.05, 0.1) is 12.8 Å². The fraction of sp³-hybridized carbons (Fsp3) is 0.200. The van der Waals surface area contributed by atoms with Crippen LogP contribution in [0, 0.1) is 0 Å². The van der Waals surface area contributed by atoms with Gasteiger partial charge in [0, 0.05) is 18.8 Å². The maximum Gasteiger partial charge on any atom is 0.351 e. The first kappa shape index (κ1) is 19.2. The van der Waals surface area contributed by atoms with Gasteiger partial charge in [0.25, 0.3) is 11.5 Å². The number of hydrogen-bond acceptors (Lipinski definition) is 7. The molecule has 4 rings (SSSR count). The molecule has 0 unspecified atom stereocenters. The summed E-state index contributed by atoms with van der Waals surface area (Å²) in [6.45, 7) is 0.852. The van der Waals surface area contributed by atoms with E-state index in [-0.39, 0.29) is 0 Å². The van der Waals surface area contributed by atoms with Gasteiger partial charge >= 0.3 is 5.69 Å². The molecule has 30 heavy (non-hydrogen) atoms. The minimum Gasteiger partial charge on any atom is -0.497 e. The Hall–Kier alpha value is -4.08. The molecule has 1 N–H and O–H groups in total. The number of anilines is 1. The Morgan fingerprint density at radius 2 is 1.77 bits per heavy atom. The minimum absolute atomic E-state index is 0.379. The molecule has 0 saturated heterocycles. The van der Waals surface area contributed by atoms with Crippen LogP contribution in [0.25, 0.3) is 5.69 Å². The standard InChI is InChI=1S/C20H18N4O6/c1-23-19(26)17(22-24(20(23)27)13-4-6-14(28-2)7-5-13)18(25)21-12-3-8-15-16(11-12)30-10-9-29-15/h3-8,11H,9-10H2,1-2H3,(H,21,25). The number of ether oxygens (including phenoxy) is 3. The summed E-state index contributed by atoms with van der Waals surface area (Å²) in [5, 5.41) is 6.61. The third-order valence-electron chi connectivity index (χ3n) is 4.51. The van der Waals surface area contributed by atoms with Gasteiger partial charge in [-0.15, -0.1) is 0 Å². The zero-order chi connectivity index (χ0) is 21.3. The summed E-state index contributed by atoms with van der Waals surface area (Å²) in [4.78, 5) is 37.8. The van der Waals surface area contributed by atoms with Crippen molar-refractivity contribution in [3.8, 4) is 22.9 Å². The Morgan fingerprint density at radius 3 is 2.47 bits per heavy atom. The van der Waals surface area contributed by atoms with Gasteiger partial charge in [0.15, 0.2) is 11.5 Å². The third-order valence-corrected chi connectivity index (χ3v) is 4.51. The summed E-state index contributed by atoms with van der Waals surface area (Å²) < 4.78 is 17.9. The highest BCUT2D eigenvalue weighted by atomic mass is 16.6. The Balaban J connectivity index is 1.69. The second-order valence-corrected chi connectivity index (χ2v) is 6.42. The van der Waals surface area contributed by atoms with Crippen LogP contribution in [0.15, 0.2) is 52.1 Å². The Morgan fingerprint density at radius 1 is 1.07 bits per heavy atom. The first-order valence-corrected chi connectivity index (χ1v) is 9.03. The minimum atomic E-state index is -0.806. The molecule has 1 amide bonds. The topological polar surface area (TPSA) is 114 Å². The third kappa shape index (κ3) is 3.50. The predicted molar refractivity (Wildman–Crippen MR) is 107 cm³/mol. The monoisotopic (exact) mass is 410 g/mol. The number of carbonyl (C=O) groups excluding carboxylic acids is 1. The van der Waals surface area contributed by atoms with Crippen LogP contribution < -0.4 is 30.8 Å².